The summed E-state index contributed by atoms with van der Waals surface area (Å²) in [5.41, 5.74) is 0. The Morgan fingerprint density at radius 2 is 1.84 bits per heavy atom. The maximum atomic E-state index is 8.97. The number of likely N-dealkylation sites (tertiary alicyclic amines) is 1. The Hall–Kier alpha value is -0.200. The highest BCUT2D eigenvalue weighted by molar-refractivity contribution is 4.72. The van der Waals surface area contributed by atoms with Crippen molar-refractivity contribution in [3.8, 4) is 0 Å². The van der Waals surface area contributed by atoms with Gasteiger partial charge in [0, 0.05) is 26.8 Å². The molecule has 0 bridgehead atoms. The van der Waals surface area contributed by atoms with E-state index in [1.807, 2.05) is 0 Å². The van der Waals surface area contributed by atoms with E-state index in [4.69, 9.17) is 19.3 Å². The van der Waals surface area contributed by atoms with Gasteiger partial charge in [0.2, 0.25) is 0 Å². The third-order valence-electron chi connectivity index (χ3n) is 3.50. The summed E-state index contributed by atoms with van der Waals surface area (Å²) in [6, 6.07) is 0. The smallest absolute Gasteiger partial charge is 0.0701 e. The van der Waals surface area contributed by atoms with Crippen molar-refractivity contribution in [1.82, 2.24) is 4.90 Å². The second-order valence-corrected chi connectivity index (χ2v) is 5.04. The molecule has 1 aliphatic heterocycles. The summed E-state index contributed by atoms with van der Waals surface area (Å²) in [4.78, 5) is 2.44. The van der Waals surface area contributed by atoms with Crippen LogP contribution in [0.25, 0.3) is 0 Å². The summed E-state index contributed by atoms with van der Waals surface area (Å²) in [6.07, 6.45) is 3.43. The highest BCUT2D eigenvalue weighted by atomic mass is 16.5. The van der Waals surface area contributed by atoms with Gasteiger partial charge in [-0.1, -0.05) is 0 Å². The van der Waals surface area contributed by atoms with Gasteiger partial charge in [0.1, 0.15) is 0 Å². The van der Waals surface area contributed by atoms with E-state index in [9.17, 15) is 0 Å². The fourth-order valence-electron chi connectivity index (χ4n) is 2.43. The SMILES string of the molecule is COCCOCCOCCN1CCCC(CCO)C1. The average molecular weight is 275 g/mol. The molecule has 0 radical (unpaired) electrons. The second kappa shape index (κ2) is 11.6. The zero-order chi connectivity index (χ0) is 13.8. The number of aliphatic hydroxyl groups excluding tert-OH is 1. The van der Waals surface area contributed by atoms with E-state index in [2.05, 4.69) is 4.90 Å². The van der Waals surface area contributed by atoms with Crippen LogP contribution in [0, 0.1) is 5.92 Å². The minimum absolute atomic E-state index is 0.313. The molecule has 5 nitrogen and oxygen atoms in total. The molecule has 1 heterocycles. The van der Waals surface area contributed by atoms with Crippen LogP contribution < -0.4 is 0 Å². The lowest BCUT2D eigenvalue weighted by Gasteiger charge is -2.32. The number of rotatable bonds is 11. The van der Waals surface area contributed by atoms with Crippen LogP contribution in [0.1, 0.15) is 19.3 Å². The number of hydrogen-bond donors (Lipinski definition) is 1. The minimum atomic E-state index is 0.313. The molecule has 1 atom stereocenters. The van der Waals surface area contributed by atoms with E-state index >= 15 is 0 Å². The molecule has 0 saturated carbocycles. The number of ether oxygens (including phenoxy) is 3. The molecule has 19 heavy (non-hydrogen) atoms. The summed E-state index contributed by atoms with van der Waals surface area (Å²) in [5, 5.41) is 8.97. The van der Waals surface area contributed by atoms with Crippen molar-refractivity contribution in [3.63, 3.8) is 0 Å². The lowest BCUT2D eigenvalue weighted by molar-refractivity contribution is 0.0161. The number of methoxy groups -OCH3 is 1. The molecule has 0 aromatic rings. The minimum Gasteiger partial charge on any atom is -0.396 e. The van der Waals surface area contributed by atoms with Crippen LogP contribution in [0.15, 0.2) is 0 Å². The molecule has 1 aliphatic rings. The fourth-order valence-corrected chi connectivity index (χ4v) is 2.43. The summed E-state index contributed by atoms with van der Waals surface area (Å²) in [7, 11) is 1.67. The van der Waals surface area contributed by atoms with Crippen molar-refractivity contribution >= 4 is 0 Å². The topological polar surface area (TPSA) is 51.2 Å². The molecule has 1 unspecified atom stereocenters. The fraction of sp³-hybridized carbons (Fsp3) is 1.00. The lowest BCUT2D eigenvalue weighted by Crippen LogP contribution is -2.38. The van der Waals surface area contributed by atoms with Crippen molar-refractivity contribution in [1.29, 1.82) is 0 Å². The standard InChI is InChI=1S/C14H29NO4/c1-17-9-10-19-12-11-18-8-6-15-5-2-3-14(13-15)4-7-16/h14,16H,2-13H2,1H3. The molecule has 114 valence electrons. The molecule has 0 aromatic carbocycles. The van der Waals surface area contributed by atoms with Gasteiger partial charge < -0.3 is 24.2 Å². The maximum Gasteiger partial charge on any atom is 0.0701 e. The largest absolute Gasteiger partial charge is 0.396 e. The van der Waals surface area contributed by atoms with Crippen LogP contribution in [-0.4, -0.2) is 76.4 Å². The van der Waals surface area contributed by atoms with Gasteiger partial charge in [-0.3, -0.25) is 0 Å². The molecule has 1 saturated heterocycles. The number of nitrogens with zero attached hydrogens (tertiary/aromatic N) is 1. The van der Waals surface area contributed by atoms with Crippen LogP contribution in [0.3, 0.4) is 0 Å². The van der Waals surface area contributed by atoms with Gasteiger partial charge in [-0.25, -0.2) is 0 Å². The molecule has 1 fully saturated rings. The Bertz CT molecular complexity index is 202. The van der Waals surface area contributed by atoms with Gasteiger partial charge in [0.15, 0.2) is 0 Å². The monoisotopic (exact) mass is 275 g/mol. The van der Waals surface area contributed by atoms with E-state index in [-0.39, 0.29) is 0 Å². The van der Waals surface area contributed by atoms with Crippen LogP contribution >= 0.6 is 0 Å². The van der Waals surface area contributed by atoms with Crippen molar-refractivity contribution < 1.29 is 19.3 Å². The van der Waals surface area contributed by atoms with Crippen LogP contribution in [0.4, 0.5) is 0 Å². The Labute approximate surface area is 116 Å². The van der Waals surface area contributed by atoms with E-state index < -0.39 is 0 Å². The normalized spacial score (nSPS) is 20.8. The molecule has 5 heteroatoms. The predicted octanol–water partition coefficient (Wildman–Crippen LogP) is 0.760. The van der Waals surface area contributed by atoms with Crippen molar-refractivity contribution in [2.24, 2.45) is 5.92 Å². The summed E-state index contributed by atoms with van der Waals surface area (Å²) in [5.74, 6) is 0.663. The summed E-state index contributed by atoms with van der Waals surface area (Å²) < 4.78 is 15.8. The molecule has 0 spiro atoms. The van der Waals surface area contributed by atoms with Gasteiger partial charge in [-0.05, 0) is 31.7 Å². The van der Waals surface area contributed by atoms with Crippen LogP contribution in [0.2, 0.25) is 0 Å². The second-order valence-electron chi connectivity index (χ2n) is 5.04. The molecule has 0 aromatic heterocycles. The third kappa shape index (κ3) is 8.55. The van der Waals surface area contributed by atoms with Gasteiger partial charge >= 0.3 is 0 Å². The zero-order valence-corrected chi connectivity index (χ0v) is 12.2. The Kier molecular flexibility index (Phi) is 10.3. The molecule has 0 aliphatic carbocycles. The zero-order valence-electron chi connectivity index (χ0n) is 12.2. The number of aliphatic hydroxyl groups is 1. The van der Waals surface area contributed by atoms with Gasteiger partial charge in [0.05, 0.1) is 33.0 Å². The van der Waals surface area contributed by atoms with Crippen molar-refractivity contribution in [2.75, 3.05) is 66.4 Å². The highest BCUT2D eigenvalue weighted by Gasteiger charge is 2.18. The Balaban J connectivity index is 1.91. The van der Waals surface area contributed by atoms with E-state index in [1.54, 1.807) is 7.11 Å². The average Bonchev–Trinajstić information content (AvgIpc) is 2.43. The third-order valence-corrected chi connectivity index (χ3v) is 3.50. The Morgan fingerprint density at radius 1 is 1.11 bits per heavy atom. The van der Waals surface area contributed by atoms with Gasteiger partial charge in [-0.2, -0.15) is 0 Å². The number of hydrogen-bond acceptors (Lipinski definition) is 5. The summed E-state index contributed by atoms with van der Waals surface area (Å²) >= 11 is 0. The molecule has 0 amide bonds. The Morgan fingerprint density at radius 3 is 2.58 bits per heavy atom. The van der Waals surface area contributed by atoms with Crippen LogP contribution in [0.5, 0.6) is 0 Å². The first-order valence-electron chi connectivity index (χ1n) is 7.34. The van der Waals surface area contributed by atoms with Crippen molar-refractivity contribution in [2.45, 2.75) is 19.3 Å². The van der Waals surface area contributed by atoms with E-state index in [0.717, 1.165) is 32.7 Å². The molecular weight excluding hydrogens is 246 g/mol. The molecular formula is C14H29NO4. The van der Waals surface area contributed by atoms with Gasteiger partial charge in [0.25, 0.3) is 0 Å². The first-order valence-corrected chi connectivity index (χ1v) is 7.34. The first kappa shape index (κ1) is 16.9. The highest BCUT2D eigenvalue weighted by Crippen LogP contribution is 2.18. The van der Waals surface area contributed by atoms with E-state index in [1.165, 1.54) is 12.8 Å². The first-order chi connectivity index (χ1) is 9.36. The molecule has 1 rings (SSSR count). The summed E-state index contributed by atoms with van der Waals surface area (Å²) in [6.45, 7) is 6.89. The molecule has 1 N–H and O–H groups in total. The van der Waals surface area contributed by atoms with E-state index in [0.29, 0.717) is 39.0 Å². The predicted molar refractivity (Wildman–Crippen MR) is 74.4 cm³/mol. The quantitative estimate of drug-likeness (QED) is 0.564. The number of piperidine rings is 1. The van der Waals surface area contributed by atoms with Gasteiger partial charge in [-0.15, -0.1) is 0 Å². The lowest BCUT2D eigenvalue weighted by atomic mass is 9.95. The maximum absolute atomic E-state index is 8.97. The van der Waals surface area contributed by atoms with Crippen LogP contribution in [-0.2, 0) is 14.2 Å². The van der Waals surface area contributed by atoms with Crippen molar-refractivity contribution in [3.05, 3.63) is 0 Å².